The molecular formula is C18H9Cl2FN2S. The summed E-state index contributed by atoms with van der Waals surface area (Å²) in [7, 11) is 0. The summed E-state index contributed by atoms with van der Waals surface area (Å²) in [6.45, 7) is 0. The lowest BCUT2D eigenvalue weighted by atomic mass is 10.1. The van der Waals surface area contributed by atoms with Crippen molar-refractivity contribution < 1.29 is 4.39 Å². The molecule has 0 saturated heterocycles. The van der Waals surface area contributed by atoms with Gasteiger partial charge in [0.15, 0.2) is 0 Å². The second-order valence-electron chi connectivity index (χ2n) is 4.88. The van der Waals surface area contributed by atoms with Crippen molar-refractivity contribution in [1.29, 1.82) is 5.26 Å². The van der Waals surface area contributed by atoms with E-state index in [1.165, 1.54) is 23.5 Å². The first-order valence-electron chi connectivity index (χ1n) is 6.85. The minimum Gasteiger partial charge on any atom is -0.235 e. The van der Waals surface area contributed by atoms with Crippen molar-refractivity contribution in [3.63, 3.8) is 0 Å². The molecule has 0 radical (unpaired) electrons. The predicted molar refractivity (Wildman–Crippen MR) is 97.5 cm³/mol. The maximum absolute atomic E-state index is 13.0. The molecule has 0 fully saturated rings. The summed E-state index contributed by atoms with van der Waals surface area (Å²) >= 11 is 13.4. The highest BCUT2D eigenvalue weighted by Gasteiger charge is 2.10. The van der Waals surface area contributed by atoms with Crippen LogP contribution in [0.4, 0.5) is 4.39 Å². The van der Waals surface area contributed by atoms with Crippen LogP contribution in [0.2, 0.25) is 10.0 Å². The Labute approximate surface area is 152 Å². The number of rotatable bonds is 3. The Bertz CT molecular complexity index is 956. The molecule has 1 aromatic heterocycles. The van der Waals surface area contributed by atoms with E-state index in [4.69, 9.17) is 23.2 Å². The van der Waals surface area contributed by atoms with Gasteiger partial charge in [0.05, 0.1) is 11.3 Å². The molecule has 0 bridgehead atoms. The maximum atomic E-state index is 13.0. The third-order valence-electron chi connectivity index (χ3n) is 3.26. The Balaban J connectivity index is 1.96. The van der Waals surface area contributed by atoms with Crippen LogP contribution in [-0.4, -0.2) is 4.98 Å². The highest BCUT2D eigenvalue weighted by molar-refractivity contribution is 7.11. The van der Waals surface area contributed by atoms with Crippen molar-refractivity contribution in [1.82, 2.24) is 4.98 Å². The fourth-order valence-corrected chi connectivity index (χ4v) is 3.32. The van der Waals surface area contributed by atoms with E-state index in [9.17, 15) is 9.65 Å². The van der Waals surface area contributed by atoms with Crippen LogP contribution in [0, 0.1) is 17.1 Å². The Hall–Kier alpha value is -2.19. The van der Waals surface area contributed by atoms with Gasteiger partial charge in [0.25, 0.3) is 0 Å². The molecule has 0 aliphatic rings. The van der Waals surface area contributed by atoms with Crippen molar-refractivity contribution in [3.8, 4) is 17.3 Å². The smallest absolute Gasteiger partial charge is 0.134 e. The van der Waals surface area contributed by atoms with Crippen molar-refractivity contribution >= 4 is 46.2 Å². The van der Waals surface area contributed by atoms with E-state index >= 15 is 0 Å². The molecule has 0 aliphatic carbocycles. The van der Waals surface area contributed by atoms with Gasteiger partial charge in [-0.3, -0.25) is 0 Å². The van der Waals surface area contributed by atoms with Gasteiger partial charge >= 0.3 is 0 Å². The van der Waals surface area contributed by atoms with Crippen LogP contribution < -0.4 is 0 Å². The molecule has 3 rings (SSSR count). The monoisotopic (exact) mass is 374 g/mol. The lowest BCUT2D eigenvalue weighted by molar-refractivity contribution is 0.628. The standard InChI is InChI=1S/C18H9Cl2FN2S/c19-14-4-1-12(16(20)8-14)7-13(9-22)18-23-17(10-24-18)11-2-5-15(21)6-3-11/h1-8,10H/b13-7+. The summed E-state index contributed by atoms with van der Waals surface area (Å²) in [6, 6.07) is 13.3. The Morgan fingerprint density at radius 1 is 1.17 bits per heavy atom. The summed E-state index contributed by atoms with van der Waals surface area (Å²) in [5, 5.41) is 12.8. The quantitative estimate of drug-likeness (QED) is 0.502. The summed E-state index contributed by atoms with van der Waals surface area (Å²) in [5.41, 5.74) is 2.58. The maximum Gasteiger partial charge on any atom is 0.134 e. The predicted octanol–water partition coefficient (Wildman–Crippen LogP) is 6.32. The number of nitrogens with zero attached hydrogens (tertiary/aromatic N) is 2. The molecule has 0 N–H and O–H groups in total. The summed E-state index contributed by atoms with van der Waals surface area (Å²) < 4.78 is 13.0. The highest BCUT2D eigenvalue weighted by Crippen LogP contribution is 2.29. The number of thiazole rings is 1. The van der Waals surface area contributed by atoms with Gasteiger partial charge < -0.3 is 0 Å². The number of allylic oxidation sites excluding steroid dienone is 1. The van der Waals surface area contributed by atoms with Gasteiger partial charge in [-0.1, -0.05) is 29.3 Å². The molecule has 0 spiro atoms. The average Bonchev–Trinajstić information content (AvgIpc) is 3.05. The van der Waals surface area contributed by atoms with Gasteiger partial charge in [0.1, 0.15) is 16.9 Å². The summed E-state index contributed by atoms with van der Waals surface area (Å²) in [4.78, 5) is 4.46. The molecule has 2 nitrogen and oxygen atoms in total. The largest absolute Gasteiger partial charge is 0.235 e. The molecule has 1 heterocycles. The minimum absolute atomic E-state index is 0.302. The number of nitriles is 1. The number of halogens is 3. The van der Waals surface area contributed by atoms with Gasteiger partial charge in [-0.05, 0) is 48.0 Å². The molecule has 0 amide bonds. The second kappa shape index (κ2) is 7.14. The Morgan fingerprint density at radius 2 is 1.92 bits per heavy atom. The SMILES string of the molecule is N#C/C(=C\c1ccc(Cl)cc1Cl)c1nc(-c2ccc(F)cc2)cs1. The van der Waals surface area contributed by atoms with Crippen LogP contribution in [0.15, 0.2) is 47.8 Å². The number of benzene rings is 2. The molecular weight excluding hydrogens is 366 g/mol. The third kappa shape index (κ3) is 3.65. The van der Waals surface area contributed by atoms with E-state index in [1.807, 2.05) is 5.38 Å². The number of aromatic nitrogens is 1. The van der Waals surface area contributed by atoms with Crippen LogP contribution in [0.1, 0.15) is 10.6 Å². The molecule has 6 heteroatoms. The van der Waals surface area contributed by atoms with Gasteiger partial charge in [0.2, 0.25) is 0 Å². The van der Waals surface area contributed by atoms with E-state index in [1.54, 1.807) is 36.4 Å². The first-order chi connectivity index (χ1) is 11.6. The normalized spacial score (nSPS) is 11.3. The van der Waals surface area contributed by atoms with E-state index < -0.39 is 0 Å². The molecule has 24 heavy (non-hydrogen) atoms. The highest BCUT2D eigenvalue weighted by atomic mass is 35.5. The first-order valence-corrected chi connectivity index (χ1v) is 8.49. The lowest BCUT2D eigenvalue weighted by Gasteiger charge is -2.00. The van der Waals surface area contributed by atoms with Gasteiger partial charge in [-0.15, -0.1) is 11.3 Å². The van der Waals surface area contributed by atoms with Crippen LogP contribution >= 0.6 is 34.5 Å². The van der Waals surface area contributed by atoms with E-state index in [2.05, 4.69) is 11.1 Å². The average molecular weight is 375 g/mol. The zero-order valence-corrected chi connectivity index (χ0v) is 14.5. The van der Waals surface area contributed by atoms with E-state index in [-0.39, 0.29) is 5.82 Å². The Morgan fingerprint density at radius 3 is 2.58 bits per heavy atom. The van der Waals surface area contributed by atoms with E-state index in [0.29, 0.717) is 31.9 Å². The molecule has 0 atom stereocenters. The fraction of sp³-hybridized carbons (Fsp3) is 0. The Kier molecular flexibility index (Phi) is 4.96. The topological polar surface area (TPSA) is 36.7 Å². The van der Waals surface area contributed by atoms with Crippen LogP contribution in [0.3, 0.4) is 0 Å². The van der Waals surface area contributed by atoms with Crippen LogP contribution in [0.5, 0.6) is 0 Å². The second-order valence-corrected chi connectivity index (χ2v) is 6.58. The van der Waals surface area contributed by atoms with Gasteiger partial charge in [0, 0.05) is 21.0 Å². The molecule has 0 aliphatic heterocycles. The summed E-state index contributed by atoms with van der Waals surface area (Å²) in [6.07, 6.45) is 1.67. The molecule has 2 aromatic carbocycles. The minimum atomic E-state index is -0.302. The van der Waals surface area contributed by atoms with Crippen LogP contribution in [-0.2, 0) is 0 Å². The van der Waals surface area contributed by atoms with Crippen molar-refractivity contribution in [3.05, 3.63) is 74.3 Å². The molecule has 3 aromatic rings. The molecule has 0 unspecified atom stereocenters. The van der Waals surface area contributed by atoms with Gasteiger partial charge in [-0.2, -0.15) is 5.26 Å². The molecule has 118 valence electrons. The van der Waals surface area contributed by atoms with Crippen molar-refractivity contribution in [2.45, 2.75) is 0 Å². The van der Waals surface area contributed by atoms with Gasteiger partial charge in [-0.25, -0.2) is 9.37 Å². The lowest BCUT2D eigenvalue weighted by Crippen LogP contribution is -1.84. The van der Waals surface area contributed by atoms with Crippen molar-refractivity contribution in [2.24, 2.45) is 0 Å². The molecule has 0 saturated carbocycles. The number of hydrogen-bond acceptors (Lipinski definition) is 3. The number of hydrogen-bond donors (Lipinski definition) is 0. The zero-order chi connectivity index (χ0) is 17.1. The summed E-state index contributed by atoms with van der Waals surface area (Å²) in [5.74, 6) is -0.302. The first kappa shape index (κ1) is 16.7. The van der Waals surface area contributed by atoms with Crippen molar-refractivity contribution in [2.75, 3.05) is 0 Å². The zero-order valence-electron chi connectivity index (χ0n) is 12.1. The fourth-order valence-electron chi connectivity index (χ4n) is 2.07. The van der Waals surface area contributed by atoms with Crippen LogP contribution in [0.25, 0.3) is 22.9 Å². The van der Waals surface area contributed by atoms with E-state index in [0.717, 1.165) is 5.56 Å². The third-order valence-corrected chi connectivity index (χ3v) is 4.70.